The molecule has 0 heterocycles. The van der Waals surface area contributed by atoms with E-state index in [4.69, 9.17) is 13.7 Å². The van der Waals surface area contributed by atoms with Crippen molar-refractivity contribution in [2.75, 3.05) is 0 Å². The lowest BCUT2D eigenvalue weighted by molar-refractivity contribution is 1.58. The van der Waals surface area contributed by atoms with Crippen molar-refractivity contribution in [3.63, 3.8) is 0 Å². The van der Waals surface area contributed by atoms with E-state index in [0.717, 1.165) is 31.6 Å². The van der Waals surface area contributed by atoms with Gasteiger partial charge in [0.15, 0.2) is 0 Å². The molecule has 0 amide bonds. The quantitative estimate of drug-likeness (QED) is 0.214. The Balaban J connectivity index is 1.82. The van der Waals surface area contributed by atoms with Crippen LogP contribution in [0.4, 0.5) is 0 Å². The summed E-state index contributed by atoms with van der Waals surface area (Å²) in [6.45, 7) is 0. The summed E-state index contributed by atoms with van der Waals surface area (Å²) >= 11 is 3.76. The van der Waals surface area contributed by atoms with Crippen LogP contribution in [0.5, 0.6) is 0 Å². The second-order valence-corrected chi connectivity index (χ2v) is 8.37. The molecule has 0 aliphatic heterocycles. The summed E-state index contributed by atoms with van der Waals surface area (Å²) in [6, 6.07) is 15.9. The number of rotatable bonds is 3. The molecule has 33 heavy (non-hydrogen) atoms. The van der Waals surface area contributed by atoms with Crippen molar-refractivity contribution in [3.05, 3.63) is 132 Å². The second kappa shape index (κ2) is 8.35. The average molecular weight is 495 g/mol. The molecular formula is C32H21Br. The first-order chi connectivity index (χ1) is 20.4. The van der Waals surface area contributed by atoms with Gasteiger partial charge in [0.25, 0.3) is 0 Å². The summed E-state index contributed by atoms with van der Waals surface area (Å²) in [5.74, 6) is 0. The zero-order valence-electron chi connectivity index (χ0n) is 27.2. The molecule has 1 heteroatoms. The number of benzene rings is 6. The molecule has 0 atom stereocenters. The lowest BCUT2D eigenvalue weighted by Crippen LogP contribution is -1.90. The van der Waals surface area contributed by atoms with E-state index in [-0.39, 0.29) is 22.3 Å². The van der Waals surface area contributed by atoms with Gasteiger partial charge in [0.1, 0.15) is 0 Å². The van der Waals surface area contributed by atoms with Crippen molar-refractivity contribution in [2.45, 2.75) is 0 Å². The van der Waals surface area contributed by atoms with E-state index >= 15 is 0 Å². The van der Waals surface area contributed by atoms with Crippen LogP contribution in [0.2, 0.25) is 0 Å². The lowest BCUT2D eigenvalue weighted by Gasteiger charge is -2.17. The van der Waals surface area contributed by atoms with Gasteiger partial charge in [-0.3, -0.25) is 0 Å². The third-order valence-electron chi connectivity index (χ3n) is 5.66. The van der Waals surface area contributed by atoms with E-state index in [1.165, 1.54) is 6.07 Å². The van der Waals surface area contributed by atoms with Gasteiger partial charge in [0.05, 0.1) is 13.7 Å². The highest BCUT2D eigenvalue weighted by Gasteiger charge is 2.15. The molecule has 6 aromatic rings. The van der Waals surface area contributed by atoms with Crippen molar-refractivity contribution < 1.29 is 13.7 Å². The predicted molar refractivity (Wildman–Crippen MR) is 145 cm³/mol. The minimum atomic E-state index is -0.523. The summed E-state index contributed by atoms with van der Waals surface area (Å²) in [5.41, 5.74) is 1.79. The lowest BCUT2D eigenvalue weighted by atomic mass is 9.88. The Bertz CT molecular complexity index is 1950. The summed E-state index contributed by atoms with van der Waals surface area (Å²) in [7, 11) is 0. The van der Waals surface area contributed by atoms with Crippen LogP contribution >= 0.6 is 15.9 Å². The highest BCUT2D eigenvalue weighted by atomic mass is 79.9. The van der Waals surface area contributed by atoms with E-state index in [1.807, 2.05) is 48.5 Å². The molecule has 0 aromatic heterocycles. The molecule has 0 bridgehead atoms. The molecule has 0 radical (unpaired) electrons. The number of fused-ring (bicyclic) bond motifs is 2. The molecule has 0 unspecified atom stereocenters. The maximum atomic E-state index is 8.66. The van der Waals surface area contributed by atoms with Crippen LogP contribution in [0.1, 0.15) is 13.7 Å². The molecule has 6 rings (SSSR count). The van der Waals surface area contributed by atoms with E-state index in [9.17, 15) is 0 Å². The standard InChI is InChI=1S/C32H21Br/c33-32-29-17-9-7-15-27(29)31(28-16-8-10-18-30(28)32)26-20-24(22-11-3-1-4-12-22)19-25(21-26)23-13-5-2-6-14-23/h1-21H/i1D,2D,3D,4D,5D,6D,11D,12D,13D,14D. The van der Waals surface area contributed by atoms with Crippen LogP contribution in [0.25, 0.3) is 54.9 Å². The van der Waals surface area contributed by atoms with Gasteiger partial charge in [-0.05, 0) is 89.1 Å². The van der Waals surface area contributed by atoms with E-state index in [2.05, 4.69) is 15.9 Å². The SMILES string of the molecule is [2H]c1c([2H])c([2H])c(-c2cc(-c3c([2H])c([2H])c([2H])c([2H])c3[2H])cc(-c3c4ccccc4c(Br)c4ccccc34)c2)c([2H])c1[2H]. The molecule has 0 fully saturated rings. The van der Waals surface area contributed by atoms with Crippen LogP contribution in [0.3, 0.4) is 0 Å². The Morgan fingerprint density at radius 3 is 1.30 bits per heavy atom. The van der Waals surface area contributed by atoms with Crippen molar-refractivity contribution in [3.8, 4) is 33.4 Å². The normalized spacial score (nSPS) is 15.4. The van der Waals surface area contributed by atoms with Gasteiger partial charge < -0.3 is 0 Å². The Kier molecular flexibility index (Phi) is 3.03. The first-order valence-electron chi connectivity index (χ1n) is 15.3. The molecule has 0 nitrogen and oxygen atoms in total. The molecule has 0 aliphatic rings. The zero-order chi connectivity index (χ0) is 30.9. The molecule has 0 saturated heterocycles. The van der Waals surface area contributed by atoms with Crippen LogP contribution < -0.4 is 0 Å². The number of hydrogen-bond acceptors (Lipinski definition) is 0. The van der Waals surface area contributed by atoms with Gasteiger partial charge in [0, 0.05) is 4.47 Å². The topological polar surface area (TPSA) is 0 Å². The van der Waals surface area contributed by atoms with Crippen LogP contribution in [-0.2, 0) is 0 Å². The Morgan fingerprint density at radius 1 is 0.455 bits per heavy atom. The second-order valence-electron chi connectivity index (χ2n) is 7.58. The monoisotopic (exact) mass is 494 g/mol. The van der Waals surface area contributed by atoms with E-state index in [0.29, 0.717) is 5.56 Å². The maximum Gasteiger partial charge on any atom is 0.0629 e. The Hall–Kier alpha value is -3.68. The fourth-order valence-electron chi connectivity index (χ4n) is 4.24. The minimum Gasteiger partial charge on any atom is -0.0622 e. The van der Waals surface area contributed by atoms with Gasteiger partial charge in [0.2, 0.25) is 0 Å². The van der Waals surface area contributed by atoms with Crippen molar-refractivity contribution in [1.29, 1.82) is 0 Å². The largest absolute Gasteiger partial charge is 0.0629 e. The third kappa shape index (κ3) is 3.55. The zero-order valence-corrected chi connectivity index (χ0v) is 18.8. The van der Waals surface area contributed by atoms with Crippen LogP contribution in [0, 0.1) is 0 Å². The first kappa shape index (κ1) is 12.0. The molecule has 0 aliphatic carbocycles. The smallest absolute Gasteiger partial charge is 0.0622 e. The van der Waals surface area contributed by atoms with E-state index < -0.39 is 60.4 Å². The molecule has 0 spiro atoms. The third-order valence-corrected chi connectivity index (χ3v) is 6.52. The van der Waals surface area contributed by atoms with Crippen LogP contribution in [0.15, 0.2) is 132 Å². The minimum absolute atomic E-state index is 0.0489. The molecule has 0 saturated carbocycles. The first-order valence-corrected chi connectivity index (χ1v) is 11.1. The summed E-state index contributed by atoms with van der Waals surface area (Å²) < 4.78 is 84.7. The molecular weight excluding hydrogens is 464 g/mol. The fraction of sp³-hybridized carbons (Fsp3) is 0. The van der Waals surface area contributed by atoms with Gasteiger partial charge in [-0.25, -0.2) is 0 Å². The van der Waals surface area contributed by atoms with E-state index in [1.54, 1.807) is 12.1 Å². The predicted octanol–water partition coefficient (Wildman–Crippen LogP) is 9.76. The summed E-state index contributed by atoms with van der Waals surface area (Å²) in [5, 5.41) is 3.60. The molecule has 6 aromatic carbocycles. The number of hydrogen-bond donors (Lipinski definition) is 0. The average Bonchev–Trinajstić information content (AvgIpc) is 3.01. The maximum absolute atomic E-state index is 8.66. The van der Waals surface area contributed by atoms with Gasteiger partial charge >= 0.3 is 0 Å². The van der Waals surface area contributed by atoms with Gasteiger partial charge in [-0.15, -0.1) is 0 Å². The van der Waals surface area contributed by atoms with Crippen molar-refractivity contribution in [1.82, 2.24) is 0 Å². The van der Waals surface area contributed by atoms with Crippen LogP contribution in [-0.4, -0.2) is 0 Å². The summed E-state index contributed by atoms with van der Waals surface area (Å²) in [4.78, 5) is 0. The highest BCUT2D eigenvalue weighted by Crippen LogP contribution is 2.43. The van der Waals surface area contributed by atoms with Crippen molar-refractivity contribution >= 4 is 37.5 Å². The highest BCUT2D eigenvalue weighted by molar-refractivity contribution is 9.10. The Labute approximate surface area is 216 Å². The number of halogens is 1. The summed E-state index contributed by atoms with van der Waals surface area (Å²) in [6.07, 6.45) is 0. The van der Waals surface area contributed by atoms with Gasteiger partial charge in [-0.2, -0.15) is 0 Å². The van der Waals surface area contributed by atoms with Crippen molar-refractivity contribution in [2.24, 2.45) is 0 Å². The molecule has 0 N–H and O–H groups in total. The fourth-order valence-corrected chi connectivity index (χ4v) is 4.93. The van der Waals surface area contributed by atoms with Gasteiger partial charge in [-0.1, -0.05) is 109 Å². The Morgan fingerprint density at radius 2 is 0.848 bits per heavy atom. The molecule has 156 valence electrons.